The van der Waals surface area contributed by atoms with Crippen LogP contribution in [0.4, 0.5) is 0 Å². The minimum atomic E-state index is -1.19. The van der Waals surface area contributed by atoms with Gasteiger partial charge >= 0.3 is 12.3 Å². The maximum atomic E-state index is 13.3. The summed E-state index contributed by atoms with van der Waals surface area (Å²) in [6.45, 7) is 5.47. The Morgan fingerprint density at radius 3 is 2.76 bits per heavy atom. The van der Waals surface area contributed by atoms with Crippen LogP contribution in [-0.4, -0.2) is 90.8 Å². The van der Waals surface area contributed by atoms with Gasteiger partial charge in [0.15, 0.2) is 13.0 Å². The molecule has 1 amide bonds. The first-order valence-corrected chi connectivity index (χ1v) is 17.3. The Kier molecular flexibility index (Phi) is 10.4. The van der Waals surface area contributed by atoms with Crippen molar-refractivity contribution >= 4 is 41.2 Å². The van der Waals surface area contributed by atoms with Crippen molar-refractivity contribution in [1.29, 1.82) is 5.41 Å². The average Bonchev–Trinajstić information content (AvgIpc) is 3.86. The van der Waals surface area contributed by atoms with Gasteiger partial charge in [-0.3, -0.25) is 25.6 Å². The molecule has 51 heavy (non-hydrogen) atoms. The van der Waals surface area contributed by atoms with Crippen LogP contribution >= 0.6 is 0 Å². The highest BCUT2D eigenvalue weighted by molar-refractivity contribution is 6.68. The second-order valence-corrected chi connectivity index (χ2v) is 13.1. The molecule has 272 valence electrons. The van der Waals surface area contributed by atoms with Crippen LogP contribution in [0, 0.1) is 5.41 Å². The molecule has 0 saturated heterocycles. The van der Waals surface area contributed by atoms with Crippen molar-refractivity contribution in [2.45, 2.75) is 83.9 Å². The Balaban J connectivity index is 1.41. The van der Waals surface area contributed by atoms with Crippen molar-refractivity contribution < 1.29 is 53.3 Å². The third-order valence-corrected chi connectivity index (χ3v) is 9.81. The fourth-order valence-corrected chi connectivity index (χ4v) is 7.21. The number of hydrogen-bond donors (Lipinski definition) is 7. The number of benzene rings is 1. The maximum Gasteiger partial charge on any atom is 0.375 e. The number of carbonyl (C=O) groups is 3. The highest BCUT2D eigenvalue weighted by Crippen LogP contribution is 2.54. The van der Waals surface area contributed by atoms with Gasteiger partial charge in [-0.15, -0.1) is 0 Å². The van der Waals surface area contributed by atoms with Crippen LogP contribution in [0.1, 0.15) is 69.6 Å². The number of quaternary nitrogens is 2. The topological polar surface area (TPSA) is 210 Å². The predicted molar refractivity (Wildman–Crippen MR) is 183 cm³/mol. The lowest BCUT2D eigenvalue weighted by Gasteiger charge is -2.30. The van der Waals surface area contributed by atoms with E-state index in [1.807, 2.05) is 6.20 Å². The molecular formula is C35H45N7O9+2. The van der Waals surface area contributed by atoms with E-state index < -0.39 is 36.5 Å². The molecule has 0 aromatic heterocycles. The normalized spacial score (nSPS) is 25.1. The summed E-state index contributed by atoms with van der Waals surface area (Å²) in [7, 11) is 1.48. The number of fused-ring (bicyclic) bond motifs is 3. The molecule has 0 aliphatic carbocycles. The standard InChI is InChI=1S/C35H43N7O9/c1-5-7-8-9-11-35(3,47)23-15-20-26(50-23)22(17-44)28-24(27(20)48-4)19(21(16-43)29(51-28)32(46)49-6-2)10-13-41-14-12-37-34(41)42-18-38-25-30(42)39-33(36)40-31(25)45/h10,12,14,16,23,34,37,44,47H,5-9,11,13,15,17-18H2,1-4H3,(H2,36,40,45)/p+2. The van der Waals surface area contributed by atoms with E-state index in [0.717, 1.165) is 35.5 Å². The number of aliphatic imine (C=N–C) groups is 2. The number of ether oxygens (including phenoxy) is 4. The predicted octanol–water partition coefficient (Wildman–Crippen LogP) is -0.993. The number of methoxy groups -OCH3 is 1. The van der Waals surface area contributed by atoms with E-state index >= 15 is 0 Å². The monoisotopic (exact) mass is 707 g/mol. The molecule has 5 aliphatic heterocycles. The van der Waals surface area contributed by atoms with E-state index in [1.54, 1.807) is 26.1 Å². The van der Waals surface area contributed by atoms with Gasteiger partial charge in [-0.2, -0.15) is 9.89 Å². The van der Waals surface area contributed by atoms with Gasteiger partial charge in [-0.05, 0) is 26.3 Å². The summed E-state index contributed by atoms with van der Waals surface area (Å²) in [5.41, 5.74) is 0.459. The average molecular weight is 708 g/mol. The summed E-state index contributed by atoms with van der Waals surface area (Å²) in [6, 6.07) is 0. The SMILES string of the molecule is CCCCCCC(C)(O)C1Cc2c(c(CO)c3c(c2OC)C(=CC[NH+]2C=CNC2[NH+]2CN=C4C(=O)NC(=N)N=C42)C(C=O)=C(C(=O)OCC)O3)O1. The minimum Gasteiger partial charge on any atom is -0.496 e. The van der Waals surface area contributed by atoms with Crippen LogP contribution in [0.5, 0.6) is 17.2 Å². The fraction of sp³-hybridized carbons (Fsp3) is 0.486. The van der Waals surface area contributed by atoms with E-state index in [2.05, 4.69) is 27.5 Å². The molecule has 1 aromatic rings. The highest BCUT2D eigenvalue weighted by Gasteiger charge is 2.47. The van der Waals surface area contributed by atoms with E-state index in [4.69, 9.17) is 24.4 Å². The molecule has 6 rings (SSSR count). The number of guanidine groups is 1. The van der Waals surface area contributed by atoms with E-state index in [1.165, 1.54) is 7.11 Å². The van der Waals surface area contributed by atoms with Crippen molar-refractivity contribution in [2.75, 3.05) is 26.9 Å². The van der Waals surface area contributed by atoms with Crippen LogP contribution in [0.3, 0.4) is 0 Å². The van der Waals surface area contributed by atoms with Gasteiger partial charge < -0.3 is 29.2 Å². The zero-order chi connectivity index (χ0) is 36.4. The van der Waals surface area contributed by atoms with Crippen molar-refractivity contribution in [3.8, 4) is 17.2 Å². The van der Waals surface area contributed by atoms with Crippen molar-refractivity contribution in [3.63, 3.8) is 0 Å². The van der Waals surface area contributed by atoms with E-state index in [-0.39, 0.29) is 60.6 Å². The molecule has 1 aromatic carbocycles. The largest absolute Gasteiger partial charge is 0.496 e. The molecule has 7 N–H and O–H groups in total. The van der Waals surface area contributed by atoms with Crippen molar-refractivity contribution in [2.24, 2.45) is 9.98 Å². The van der Waals surface area contributed by atoms with Gasteiger partial charge in [0.2, 0.25) is 17.4 Å². The molecule has 0 fully saturated rings. The number of nitrogens with one attached hydrogen (secondary N) is 5. The number of esters is 1. The molecule has 5 unspecified atom stereocenters. The summed E-state index contributed by atoms with van der Waals surface area (Å²) in [5, 5.41) is 35.9. The number of hydrogen-bond acceptors (Lipinski definition) is 12. The lowest BCUT2D eigenvalue weighted by molar-refractivity contribution is -1.05. The minimum absolute atomic E-state index is 0.0281. The molecule has 0 spiro atoms. The second-order valence-electron chi connectivity index (χ2n) is 13.1. The molecule has 16 nitrogen and oxygen atoms in total. The number of aliphatic hydroxyl groups excluding tert-OH is 1. The summed E-state index contributed by atoms with van der Waals surface area (Å²) in [6.07, 6.45) is 9.61. The van der Waals surface area contributed by atoms with Gasteiger partial charge in [-0.25, -0.2) is 14.7 Å². The van der Waals surface area contributed by atoms with Crippen LogP contribution in [-0.2, 0) is 32.1 Å². The Labute approximate surface area is 295 Å². The maximum absolute atomic E-state index is 13.3. The van der Waals surface area contributed by atoms with Crippen molar-refractivity contribution in [1.82, 2.24) is 10.6 Å². The number of aliphatic hydroxyl groups is 2. The summed E-state index contributed by atoms with van der Waals surface area (Å²) in [4.78, 5) is 48.7. The van der Waals surface area contributed by atoms with Gasteiger partial charge in [-0.1, -0.05) is 32.6 Å². The summed E-state index contributed by atoms with van der Waals surface area (Å²) in [5.74, 6) is -0.873. The fourth-order valence-electron chi connectivity index (χ4n) is 7.21. The molecule has 16 heteroatoms. The second kappa shape index (κ2) is 14.8. The zero-order valence-electron chi connectivity index (χ0n) is 29.2. The lowest BCUT2D eigenvalue weighted by Crippen LogP contribution is -3.36. The van der Waals surface area contributed by atoms with Crippen LogP contribution in [0.2, 0.25) is 0 Å². The first-order chi connectivity index (χ1) is 24.6. The van der Waals surface area contributed by atoms with Crippen LogP contribution < -0.4 is 34.6 Å². The number of rotatable bonds is 14. The number of unbranched alkanes of at least 4 members (excludes halogenated alkanes) is 3. The molecule has 5 atom stereocenters. The number of carbonyl (C=O) groups excluding carboxylic acids is 3. The number of amidine groups is 1. The molecular weight excluding hydrogens is 662 g/mol. The first-order valence-electron chi connectivity index (χ1n) is 17.3. The first kappa shape index (κ1) is 35.9. The third kappa shape index (κ3) is 6.55. The quantitative estimate of drug-likeness (QED) is 0.0713. The van der Waals surface area contributed by atoms with Gasteiger partial charge in [0, 0.05) is 17.6 Å². The molecule has 5 aliphatic rings. The van der Waals surface area contributed by atoms with Crippen LogP contribution in [0.25, 0.3) is 5.57 Å². The number of allylic oxidation sites excluding steroid dienone is 2. The smallest absolute Gasteiger partial charge is 0.375 e. The van der Waals surface area contributed by atoms with Gasteiger partial charge in [0.1, 0.15) is 36.1 Å². The number of amides is 1. The zero-order valence-corrected chi connectivity index (χ0v) is 29.2. The lowest BCUT2D eigenvalue weighted by atomic mass is 9.86. The Morgan fingerprint density at radius 2 is 2.06 bits per heavy atom. The molecule has 0 saturated carbocycles. The van der Waals surface area contributed by atoms with Crippen LogP contribution in [0.15, 0.2) is 39.8 Å². The number of nitrogens with zero attached hydrogens (tertiary/aromatic N) is 2. The molecule has 5 heterocycles. The summed E-state index contributed by atoms with van der Waals surface area (Å²) >= 11 is 0. The summed E-state index contributed by atoms with van der Waals surface area (Å²) < 4.78 is 23.8. The van der Waals surface area contributed by atoms with E-state index in [9.17, 15) is 24.6 Å². The van der Waals surface area contributed by atoms with Gasteiger partial charge in [0.25, 0.3) is 11.7 Å². The number of aldehydes is 1. The third-order valence-electron chi connectivity index (χ3n) is 9.81. The highest BCUT2D eigenvalue weighted by atomic mass is 16.6. The van der Waals surface area contributed by atoms with Gasteiger partial charge in [0.05, 0.1) is 48.8 Å². The Morgan fingerprint density at radius 1 is 1.25 bits per heavy atom. The Bertz CT molecular complexity index is 1800. The molecule has 0 radical (unpaired) electrons. The Hall–Kier alpha value is -4.90. The molecule has 0 bridgehead atoms. The van der Waals surface area contributed by atoms with E-state index in [0.29, 0.717) is 46.7 Å². The van der Waals surface area contributed by atoms with Crippen molar-refractivity contribution in [3.05, 3.63) is 46.5 Å².